The van der Waals surface area contributed by atoms with Crippen LogP contribution in [0.2, 0.25) is 0 Å². The maximum Gasteiger partial charge on any atom is 0.159 e. The van der Waals surface area contributed by atoms with Gasteiger partial charge in [-0.05, 0) is 49.2 Å². The molecule has 5 aromatic rings. The Morgan fingerprint density at radius 2 is 1.26 bits per heavy atom. The Hall–Kier alpha value is -3.53. The summed E-state index contributed by atoms with van der Waals surface area (Å²) in [6.45, 7) is 4.20. The highest BCUT2D eigenvalue weighted by Gasteiger charge is 2.16. The summed E-state index contributed by atoms with van der Waals surface area (Å²) in [4.78, 5) is 18.1. The molecule has 0 saturated heterocycles. The highest BCUT2D eigenvalue weighted by atomic mass is 15.0. The molecule has 0 saturated carbocycles. The third-order valence-electron chi connectivity index (χ3n) is 4.94. The smallest absolute Gasteiger partial charge is 0.159 e. The van der Waals surface area contributed by atoms with E-state index in [1.165, 1.54) is 11.1 Å². The van der Waals surface area contributed by atoms with Gasteiger partial charge in [0.2, 0.25) is 0 Å². The van der Waals surface area contributed by atoms with Gasteiger partial charge < -0.3 is 4.98 Å². The molecule has 0 amide bonds. The molecule has 0 aliphatic heterocycles. The molecule has 0 spiro atoms. The van der Waals surface area contributed by atoms with Crippen LogP contribution in [0.3, 0.4) is 0 Å². The quantitative estimate of drug-likeness (QED) is 0.460. The average Bonchev–Trinajstić information content (AvgIpc) is 3.13. The second-order valence-corrected chi connectivity index (χ2v) is 6.81. The van der Waals surface area contributed by atoms with Crippen LogP contribution in [0, 0.1) is 13.8 Å². The van der Waals surface area contributed by atoms with Crippen molar-refractivity contribution in [1.82, 2.24) is 19.9 Å². The number of aromatic nitrogens is 4. The van der Waals surface area contributed by atoms with E-state index >= 15 is 0 Å². The Balaban J connectivity index is 1.84. The fourth-order valence-electron chi connectivity index (χ4n) is 3.34. The van der Waals surface area contributed by atoms with E-state index in [0.29, 0.717) is 0 Å². The van der Waals surface area contributed by atoms with Crippen molar-refractivity contribution >= 4 is 22.1 Å². The molecule has 27 heavy (non-hydrogen) atoms. The van der Waals surface area contributed by atoms with E-state index in [1.54, 1.807) is 0 Å². The first-order valence-electron chi connectivity index (χ1n) is 8.98. The summed E-state index contributed by atoms with van der Waals surface area (Å²) in [5.41, 5.74) is 8.76. The fraction of sp³-hybridized carbons (Fsp3) is 0.0870. The molecular weight excluding hydrogens is 332 g/mol. The van der Waals surface area contributed by atoms with Gasteiger partial charge in [0, 0.05) is 5.56 Å². The summed E-state index contributed by atoms with van der Waals surface area (Å²) >= 11 is 0. The predicted octanol–water partition coefficient (Wildman–Crippen LogP) is 5.46. The average molecular weight is 350 g/mol. The normalized spacial score (nSPS) is 11.3. The Morgan fingerprint density at radius 3 is 1.96 bits per heavy atom. The first kappa shape index (κ1) is 15.7. The van der Waals surface area contributed by atoms with Gasteiger partial charge in [-0.1, -0.05) is 42.5 Å². The maximum absolute atomic E-state index is 4.97. The summed E-state index contributed by atoms with van der Waals surface area (Å²) in [5.74, 6) is 0.739. The van der Waals surface area contributed by atoms with E-state index in [9.17, 15) is 0 Å². The Kier molecular flexibility index (Phi) is 3.50. The Labute approximate surface area is 157 Å². The molecule has 5 rings (SSSR count). The standard InChI is InChI=1S/C23H18N4/c1-14-12-19-20(13-15(14)2)25-22(21(24-19)16-8-4-3-5-9-16)23-26-17-10-6-7-11-18(17)27-23/h3-13H,1-2H3,(H,26,27). The number of nitrogens with one attached hydrogen (secondary N) is 1. The first-order chi connectivity index (χ1) is 13.2. The zero-order valence-electron chi connectivity index (χ0n) is 15.2. The molecule has 130 valence electrons. The van der Waals surface area contributed by atoms with Crippen molar-refractivity contribution in [3.8, 4) is 22.8 Å². The van der Waals surface area contributed by atoms with Crippen molar-refractivity contribution in [2.45, 2.75) is 13.8 Å². The molecule has 0 fully saturated rings. The molecule has 0 radical (unpaired) electrons. The van der Waals surface area contributed by atoms with Crippen LogP contribution in [0.15, 0.2) is 66.7 Å². The van der Waals surface area contributed by atoms with E-state index in [1.807, 2.05) is 42.5 Å². The highest BCUT2D eigenvalue weighted by molar-refractivity contribution is 5.87. The molecule has 2 heterocycles. The molecule has 1 N–H and O–H groups in total. The lowest BCUT2D eigenvalue weighted by atomic mass is 10.1. The van der Waals surface area contributed by atoms with E-state index < -0.39 is 0 Å². The number of nitrogens with zero attached hydrogens (tertiary/aromatic N) is 3. The number of para-hydroxylation sites is 2. The van der Waals surface area contributed by atoms with Crippen LogP contribution in [-0.4, -0.2) is 19.9 Å². The van der Waals surface area contributed by atoms with Crippen LogP contribution in [0.25, 0.3) is 44.8 Å². The van der Waals surface area contributed by atoms with Gasteiger partial charge in [0.25, 0.3) is 0 Å². The summed E-state index contributed by atoms with van der Waals surface area (Å²) in [5, 5.41) is 0. The third kappa shape index (κ3) is 2.66. The topological polar surface area (TPSA) is 54.5 Å². The van der Waals surface area contributed by atoms with Gasteiger partial charge in [-0.15, -0.1) is 0 Å². The number of H-pyrrole nitrogens is 1. The molecular formula is C23H18N4. The number of hydrogen-bond acceptors (Lipinski definition) is 3. The fourth-order valence-corrected chi connectivity index (χ4v) is 3.34. The minimum atomic E-state index is 0.739. The molecule has 0 bridgehead atoms. The second-order valence-electron chi connectivity index (χ2n) is 6.81. The van der Waals surface area contributed by atoms with Gasteiger partial charge in [0.1, 0.15) is 11.4 Å². The molecule has 4 heteroatoms. The Morgan fingerprint density at radius 1 is 0.630 bits per heavy atom. The van der Waals surface area contributed by atoms with E-state index in [0.717, 1.165) is 44.8 Å². The van der Waals surface area contributed by atoms with Gasteiger partial charge in [0.05, 0.1) is 22.1 Å². The summed E-state index contributed by atoms with van der Waals surface area (Å²) in [6.07, 6.45) is 0. The maximum atomic E-state index is 4.97. The number of benzene rings is 3. The molecule has 0 unspecified atom stereocenters. The second kappa shape index (κ2) is 6.02. The van der Waals surface area contributed by atoms with Gasteiger partial charge >= 0.3 is 0 Å². The number of aryl methyl sites for hydroxylation is 2. The van der Waals surface area contributed by atoms with Crippen molar-refractivity contribution in [3.05, 3.63) is 77.9 Å². The van der Waals surface area contributed by atoms with Crippen LogP contribution in [-0.2, 0) is 0 Å². The molecule has 0 aliphatic carbocycles. The van der Waals surface area contributed by atoms with Crippen LogP contribution in [0.5, 0.6) is 0 Å². The van der Waals surface area contributed by atoms with Crippen LogP contribution < -0.4 is 0 Å². The zero-order valence-corrected chi connectivity index (χ0v) is 15.2. The van der Waals surface area contributed by atoms with E-state index in [2.05, 4.69) is 43.1 Å². The van der Waals surface area contributed by atoms with Gasteiger partial charge in [-0.2, -0.15) is 0 Å². The van der Waals surface area contributed by atoms with Crippen molar-refractivity contribution in [2.75, 3.05) is 0 Å². The summed E-state index contributed by atoms with van der Waals surface area (Å²) in [7, 11) is 0. The number of fused-ring (bicyclic) bond motifs is 2. The lowest BCUT2D eigenvalue weighted by Gasteiger charge is -2.10. The van der Waals surface area contributed by atoms with E-state index in [4.69, 9.17) is 15.0 Å². The lowest BCUT2D eigenvalue weighted by molar-refractivity contribution is 1.21. The van der Waals surface area contributed by atoms with Crippen LogP contribution in [0.1, 0.15) is 11.1 Å². The minimum absolute atomic E-state index is 0.739. The number of rotatable bonds is 2. The molecule has 4 nitrogen and oxygen atoms in total. The summed E-state index contributed by atoms with van der Waals surface area (Å²) < 4.78 is 0. The zero-order chi connectivity index (χ0) is 18.4. The molecule has 0 atom stereocenters. The molecule has 3 aromatic carbocycles. The lowest BCUT2D eigenvalue weighted by Crippen LogP contribution is -1.97. The SMILES string of the molecule is Cc1cc2nc(-c3ccccc3)c(-c3nc4ccccc4[nH]3)nc2cc1C. The summed E-state index contributed by atoms with van der Waals surface area (Å²) in [6, 6.07) is 22.4. The predicted molar refractivity (Wildman–Crippen MR) is 110 cm³/mol. The van der Waals surface area contributed by atoms with Crippen molar-refractivity contribution in [2.24, 2.45) is 0 Å². The number of hydrogen-bond donors (Lipinski definition) is 1. The number of aromatic amines is 1. The van der Waals surface area contributed by atoms with Crippen LogP contribution in [0.4, 0.5) is 0 Å². The largest absolute Gasteiger partial charge is 0.337 e. The van der Waals surface area contributed by atoms with Crippen molar-refractivity contribution in [3.63, 3.8) is 0 Å². The molecule has 2 aromatic heterocycles. The van der Waals surface area contributed by atoms with Gasteiger partial charge in [-0.3, -0.25) is 0 Å². The first-order valence-corrected chi connectivity index (χ1v) is 8.98. The monoisotopic (exact) mass is 350 g/mol. The number of imidazole rings is 1. The van der Waals surface area contributed by atoms with Gasteiger partial charge in [-0.25, -0.2) is 15.0 Å². The molecule has 0 aliphatic rings. The van der Waals surface area contributed by atoms with Crippen molar-refractivity contribution in [1.29, 1.82) is 0 Å². The van der Waals surface area contributed by atoms with E-state index in [-0.39, 0.29) is 0 Å². The van der Waals surface area contributed by atoms with Crippen LogP contribution >= 0.6 is 0 Å². The van der Waals surface area contributed by atoms with Gasteiger partial charge in [0.15, 0.2) is 5.82 Å². The minimum Gasteiger partial charge on any atom is -0.337 e. The Bertz CT molecular complexity index is 1250. The van der Waals surface area contributed by atoms with Crippen molar-refractivity contribution < 1.29 is 0 Å². The highest BCUT2D eigenvalue weighted by Crippen LogP contribution is 2.31. The third-order valence-corrected chi connectivity index (χ3v) is 4.94.